The van der Waals surface area contributed by atoms with Crippen molar-refractivity contribution in [3.8, 4) is 11.1 Å². The van der Waals surface area contributed by atoms with E-state index in [0.717, 1.165) is 16.7 Å². The molecule has 88 valence electrons. The van der Waals surface area contributed by atoms with Crippen LogP contribution in [0.3, 0.4) is 0 Å². The molecule has 2 aromatic rings. The van der Waals surface area contributed by atoms with Crippen molar-refractivity contribution in [3.63, 3.8) is 0 Å². The lowest BCUT2D eigenvalue weighted by molar-refractivity contribution is -0.117. The summed E-state index contributed by atoms with van der Waals surface area (Å²) in [7, 11) is 0. The van der Waals surface area contributed by atoms with Crippen molar-refractivity contribution in [1.29, 1.82) is 0 Å². The normalized spacial score (nSPS) is 10.5. The molecular weight excluding hydrogens is 219 g/mol. The SMILES string of the molecule is CC(=O)Cn1cc(-c2ccc(F)cc2C)cn1. The highest BCUT2D eigenvalue weighted by Crippen LogP contribution is 2.23. The molecule has 1 aromatic carbocycles. The number of hydrogen-bond acceptors (Lipinski definition) is 2. The van der Waals surface area contributed by atoms with Crippen molar-refractivity contribution < 1.29 is 9.18 Å². The van der Waals surface area contributed by atoms with Crippen LogP contribution in [0.4, 0.5) is 4.39 Å². The van der Waals surface area contributed by atoms with Crippen LogP contribution in [0.25, 0.3) is 11.1 Å². The minimum atomic E-state index is -0.248. The Balaban J connectivity index is 2.33. The zero-order chi connectivity index (χ0) is 12.4. The number of halogens is 1. The fourth-order valence-corrected chi connectivity index (χ4v) is 1.77. The molecule has 2 rings (SSSR count). The number of carbonyl (C=O) groups is 1. The number of Topliss-reactive ketones (excluding diaryl/α,β-unsaturated/α-hetero) is 1. The van der Waals surface area contributed by atoms with E-state index in [1.54, 1.807) is 23.1 Å². The fraction of sp³-hybridized carbons (Fsp3) is 0.231. The quantitative estimate of drug-likeness (QED) is 0.815. The average Bonchev–Trinajstić information content (AvgIpc) is 2.65. The lowest BCUT2D eigenvalue weighted by Crippen LogP contribution is -2.05. The number of hydrogen-bond donors (Lipinski definition) is 0. The Labute approximate surface area is 98.9 Å². The summed E-state index contributed by atoms with van der Waals surface area (Å²) in [5, 5.41) is 4.10. The van der Waals surface area contributed by atoms with Gasteiger partial charge in [-0.05, 0) is 37.1 Å². The van der Waals surface area contributed by atoms with Crippen LogP contribution < -0.4 is 0 Å². The molecule has 0 spiro atoms. The molecule has 0 N–H and O–H groups in total. The summed E-state index contributed by atoms with van der Waals surface area (Å²) in [4.78, 5) is 11.0. The second-order valence-corrected chi connectivity index (χ2v) is 4.09. The minimum Gasteiger partial charge on any atom is -0.298 e. The van der Waals surface area contributed by atoms with Crippen LogP contribution in [-0.4, -0.2) is 15.6 Å². The number of aromatic nitrogens is 2. The predicted molar refractivity (Wildman–Crippen MR) is 63.0 cm³/mol. The summed E-state index contributed by atoms with van der Waals surface area (Å²) in [6.45, 7) is 3.63. The first-order chi connectivity index (χ1) is 8.06. The third-order valence-corrected chi connectivity index (χ3v) is 2.52. The van der Waals surface area contributed by atoms with Gasteiger partial charge in [-0.3, -0.25) is 9.48 Å². The molecular formula is C13H13FN2O. The van der Waals surface area contributed by atoms with Gasteiger partial charge in [0.25, 0.3) is 0 Å². The molecule has 0 aliphatic rings. The van der Waals surface area contributed by atoms with Crippen molar-refractivity contribution >= 4 is 5.78 Å². The summed E-state index contributed by atoms with van der Waals surface area (Å²) in [6.07, 6.45) is 3.48. The maximum Gasteiger partial charge on any atom is 0.151 e. The van der Waals surface area contributed by atoms with Crippen molar-refractivity contribution in [3.05, 3.63) is 42.0 Å². The molecule has 0 amide bonds. The number of carbonyl (C=O) groups excluding carboxylic acids is 1. The topological polar surface area (TPSA) is 34.9 Å². The van der Waals surface area contributed by atoms with E-state index in [4.69, 9.17) is 0 Å². The second kappa shape index (κ2) is 4.49. The summed E-state index contributed by atoms with van der Waals surface area (Å²) in [5.74, 6) is -0.196. The van der Waals surface area contributed by atoms with Gasteiger partial charge in [0.15, 0.2) is 5.78 Å². The fourth-order valence-electron chi connectivity index (χ4n) is 1.77. The van der Waals surface area contributed by atoms with Gasteiger partial charge in [0, 0.05) is 11.8 Å². The molecule has 0 unspecified atom stereocenters. The first kappa shape index (κ1) is 11.5. The second-order valence-electron chi connectivity index (χ2n) is 4.09. The standard InChI is InChI=1S/C13H13FN2O/c1-9-5-12(14)3-4-13(9)11-6-15-16(8-11)7-10(2)17/h3-6,8H,7H2,1-2H3. The van der Waals surface area contributed by atoms with Gasteiger partial charge in [0.1, 0.15) is 5.82 Å². The number of aryl methyl sites for hydroxylation is 1. The Bertz CT molecular complexity index is 560. The minimum absolute atomic E-state index is 0.0514. The van der Waals surface area contributed by atoms with Crippen LogP contribution in [-0.2, 0) is 11.3 Å². The van der Waals surface area contributed by atoms with Gasteiger partial charge < -0.3 is 0 Å². The number of ketones is 1. The van der Waals surface area contributed by atoms with Gasteiger partial charge in [0.05, 0.1) is 12.7 Å². The molecule has 1 aromatic heterocycles. The summed E-state index contributed by atoms with van der Waals surface area (Å²) >= 11 is 0. The number of benzene rings is 1. The molecule has 4 heteroatoms. The van der Waals surface area contributed by atoms with Crippen LogP contribution >= 0.6 is 0 Å². The van der Waals surface area contributed by atoms with Crippen molar-refractivity contribution in [1.82, 2.24) is 9.78 Å². The monoisotopic (exact) mass is 232 g/mol. The molecule has 1 heterocycles. The molecule has 0 radical (unpaired) electrons. The van der Waals surface area contributed by atoms with E-state index in [2.05, 4.69) is 5.10 Å². The van der Waals surface area contributed by atoms with E-state index < -0.39 is 0 Å². The highest BCUT2D eigenvalue weighted by molar-refractivity contribution is 5.75. The first-order valence-corrected chi connectivity index (χ1v) is 5.34. The Morgan fingerprint density at radius 2 is 2.24 bits per heavy atom. The average molecular weight is 232 g/mol. The summed E-state index contributed by atoms with van der Waals surface area (Å²) < 4.78 is 14.6. The van der Waals surface area contributed by atoms with E-state index in [0.29, 0.717) is 0 Å². The largest absolute Gasteiger partial charge is 0.298 e. The lowest BCUT2D eigenvalue weighted by Gasteiger charge is -2.02. The van der Waals surface area contributed by atoms with E-state index in [1.165, 1.54) is 19.1 Å². The van der Waals surface area contributed by atoms with E-state index in [-0.39, 0.29) is 18.1 Å². The predicted octanol–water partition coefficient (Wildman–Crippen LogP) is 2.59. The van der Waals surface area contributed by atoms with Crippen molar-refractivity contribution in [2.24, 2.45) is 0 Å². The zero-order valence-corrected chi connectivity index (χ0v) is 9.77. The van der Waals surface area contributed by atoms with Gasteiger partial charge in [-0.2, -0.15) is 5.10 Å². The van der Waals surface area contributed by atoms with Crippen LogP contribution in [0, 0.1) is 12.7 Å². The number of nitrogens with zero attached hydrogens (tertiary/aromatic N) is 2. The van der Waals surface area contributed by atoms with Crippen LogP contribution in [0.5, 0.6) is 0 Å². The van der Waals surface area contributed by atoms with Crippen LogP contribution in [0.15, 0.2) is 30.6 Å². The smallest absolute Gasteiger partial charge is 0.151 e. The third-order valence-electron chi connectivity index (χ3n) is 2.52. The highest BCUT2D eigenvalue weighted by atomic mass is 19.1. The molecule has 0 aliphatic carbocycles. The van der Waals surface area contributed by atoms with E-state index >= 15 is 0 Å². The number of rotatable bonds is 3. The Kier molecular flexibility index (Phi) is 3.04. The molecule has 0 bridgehead atoms. The van der Waals surface area contributed by atoms with Gasteiger partial charge in [-0.1, -0.05) is 6.07 Å². The summed E-state index contributed by atoms with van der Waals surface area (Å²) in [6, 6.07) is 4.63. The van der Waals surface area contributed by atoms with E-state index in [9.17, 15) is 9.18 Å². The molecule has 3 nitrogen and oxygen atoms in total. The Morgan fingerprint density at radius 3 is 2.88 bits per heavy atom. The van der Waals surface area contributed by atoms with Gasteiger partial charge in [0.2, 0.25) is 0 Å². The maximum absolute atomic E-state index is 13.0. The van der Waals surface area contributed by atoms with Gasteiger partial charge in [-0.15, -0.1) is 0 Å². The Morgan fingerprint density at radius 1 is 1.47 bits per heavy atom. The van der Waals surface area contributed by atoms with Gasteiger partial charge >= 0.3 is 0 Å². The lowest BCUT2D eigenvalue weighted by atomic mass is 10.0. The highest BCUT2D eigenvalue weighted by Gasteiger charge is 2.06. The van der Waals surface area contributed by atoms with Crippen molar-refractivity contribution in [2.75, 3.05) is 0 Å². The third kappa shape index (κ3) is 2.58. The maximum atomic E-state index is 13.0. The van der Waals surface area contributed by atoms with Gasteiger partial charge in [-0.25, -0.2) is 4.39 Å². The first-order valence-electron chi connectivity index (χ1n) is 5.34. The molecule has 0 fully saturated rings. The van der Waals surface area contributed by atoms with Crippen molar-refractivity contribution in [2.45, 2.75) is 20.4 Å². The Hall–Kier alpha value is -1.97. The van der Waals surface area contributed by atoms with Crippen LogP contribution in [0.2, 0.25) is 0 Å². The molecule has 0 saturated carbocycles. The summed E-state index contributed by atoms with van der Waals surface area (Å²) in [5.41, 5.74) is 2.68. The molecule has 0 atom stereocenters. The van der Waals surface area contributed by atoms with Crippen LogP contribution in [0.1, 0.15) is 12.5 Å². The molecule has 0 aliphatic heterocycles. The molecule has 0 saturated heterocycles. The molecule has 17 heavy (non-hydrogen) atoms. The zero-order valence-electron chi connectivity index (χ0n) is 9.77. The van der Waals surface area contributed by atoms with E-state index in [1.807, 2.05) is 6.92 Å².